The summed E-state index contributed by atoms with van der Waals surface area (Å²) in [5, 5.41) is 2.99. The Kier molecular flexibility index (Phi) is 6.11. The zero-order valence-corrected chi connectivity index (χ0v) is 11.5. The summed E-state index contributed by atoms with van der Waals surface area (Å²) in [4.78, 5) is 0. The summed E-state index contributed by atoms with van der Waals surface area (Å²) in [6.45, 7) is 1.69. The molecule has 1 rings (SSSR count). The van der Waals surface area contributed by atoms with Crippen LogP contribution in [0.3, 0.4) is 0 Å². The molecule has 0 heterocycles. The Hall–Kier alpha value is -0.590. The molecule has 0 aliphatic heterocycles. The number of alkyl halides is 3. The summed E-state index contributed by atoms with van der Waals surface area (Å²) < 4.78 is 42.3. The molecule has 1 aromatic rings. The molecule has 0 fully saturated rings. The van der Waals surface area contributed by atoms with Crippen molar-refractivity contribution >= 4 is 15.9 Å². The highest BCUT2D eigenvalue weighted by Crippen LogP contribution is 2.23. The zero-order valence-electron chi connectivity index (χ0n) is 9.93. The number of hydrogen-bond acceptors (Lipinski definition) is 2. The normalized spacial score (nSPS) is 13.6. The van der Waals surface area contributed by atoms with Crippen molar-refractivity contribution in [1.29, 1.82) is 0 Å². The number of benzene rings is 1. The monoisotopic (exact) mass is 325 g/mol. The molecular weight excluding hydrogens is 311 g/mol. The van der Waals surface area contributed by atoms with Gasteiger partial charge in [0.15, 0.2) is 0 Å². The number of ether oxygens (including phenoxy) is 1. The van der Waals surface area contributed by atoms with E-state index in [2.05, 4.69) is 21.2 Å². The molecule has 0 saturated carbocycles. The van der Waals surface area contributed by atoms with Gasteiger partial charge < -0.3 is 10.1 Å². The SMILES string of the molecule is CCNCC(OCC(F)(F)F)c1ccc(Br)cc1. The van der Waals surface area contributed by atoms with Gasteiger partial charge in [0.1, 0.15) is 6.61 Å². The Morgan fingerprint density at radius 1 is 1.28 bits per heavy atom. The molecule has 0 aromatic heterocycles. The van der Waals surface area contributed by atoms with Crippen LogP contribution in [0.5, 0.6) is 0 Å². The fourth-order valence-electron chi connectivity index (χ4n) is 1.42. The van der Waals surface area contributed by atoms with Crippen LogP contribution >= 0.6 is 15.9 Å². The quantitative estimate of drug-likeness (QED) is 0.861. The van der Waals surface area contributed by atoms with Crippen molar-refractivity contribution in [3.63, 3.8) is 0 Å². The molecule has 0 bridgehead atoms. The lowest BCUT2D eigenvalue weighted by molar-refractivity contribution is -0.185. The van der Waals surface area contributed by atoms with Gasteiger partial charge in [-0.25, -0.2) is 0 Å². The second-order valence-electron chi connectivity index (χ2n) is 3.77. The zero-order chi connectivity index (χ0) is 13.6. The summed E-state index contributed by atoms with van der Waals surface area (Å²) in [5.41, 5.74) is 0.725. The Bertz CT molecular complexity index is 353. The number of nitrogens with one attached hydrogen (secondary N) is 1. The second-order valence-corrected chi connectivity index (χ2v) is 4.69. The molecule has 0 saturated heterocycles. The molecule has 0 aliphatic carbocycles. The van der Waals surface area contributed by atoms with E-state index in [-0.39, 0.29) is 0 Å². The lowest BCUT2D eigenvalue weighted by Crippen LogP contribution is -2.27. The minimum atomic E-state index is -4.31. The number of rotatable bonds is 6. The predicted molar refractivity (Wildman–Crippen MR) is 67.4 cm³/mol. The summed E-state index contributed by atoms with van der Waals surface area (Å²) in [6, 6.07) is 7.07. The number of halogens is 4. The smallest absolute Gasteiger partial charge is 0.363 e. The van der Waals surface area contributed by atoms with Gasteiger partial charge in [0.2, 0.25) is 0 Å². The maximum atomic E-state index is 12.2. The second kappa shape index (κ2) is 7.11. The van der Waals surface area contributed by atoms with Gasteiger partial charge in [-0.2, -0.15) is 13.2 Å². The van der Waals surface area contributed by atoms with Crippen molar-refractivity contribution in [3.8, 4) is 0 Å². The van der Waals surface area contributed by atoms with Gasteiger partial charge in [-0.1, -0.05) is 35.0 Å². The lowest BCUT2D eigenvalue weighted by atomic mass is 10.1. The molecule has 1 aromatic carbocycles. The molecule has 18 heavy (non-hydrogen) atoms. The Morgan fingerprint density at radius 2 is 1.89 bits per heavy atom. The maximum Gasteiger partial charge on any atom is 0.411 e. The first-order valence-corrected chi connectivity index (χ1v) is 6.36. The third-order valence-corrected chi connectivity index (χ3v) is 2.80. The first-order valence-electron chi connectivity index (χ1n) is 5.57. The Morgan fingerprint density at radius 3 is 2.39 bits per heavy atom. The molecule has 1 N–H and O–H groups in total. The van der Waals surface area contributed by atoms with Crippen LogP contribution in [0.25, 0.3) is 0 Å². The Labute approximate surface area is 113 Å². The first-order chi connectivity index (χ1) is 8.42. The molecular formula is C12H15BrF3NO. The highest BCUT2D eigenvalue weighted by Gasteiger charge is 2.29. The molecule has 1 unspecified atom stereocenters. The highest BCUT2D eigenvalue weighted by atomic mass is 79.9. The molecule has 102 valence electrons. The van der Waals surface area contributed by atoms with Crippen LogP contribution in [0.2, 0.25) is 0 Å². The van der Waals surface area contributed by atoms with E-state index in [9.17, 15) is 13.2 Å². The Balaban J connectivity index is 2.68. The van der Waals surface area contributed by atoms with Gasteiger partial charge >= 0.3 is 6.18 Å². The third kappa shape index (κ3) is 5.84. The van der Waals surface area contributed by atoms with E-state index in [1.807, 2.05) is 6.92 Å². The molecule has 1 atom stereocenters. The van der Waals surface area contributed by atoms with Gasteiger partial charge in [0.05, 0.1) is 6.10 Å². The first kappa shape index (κ1) is 15.5. The van der Waals surface area contributed by atoms with Crippen LogP contribution in [-0.2, 0) is 4.74 Å². The van der Waals surface area contributed by atoms with E-state index in [4.69, 9.17) is 4.74 Å². The summed E-state index contributed by atoms with van der Waals surface area (Å²) in [7, 11) is 0. The number of likely N-dealkylation sites (N-methyl/N-ethyl adjacent to an activating group) is 1. The highest BCUT2D eigenvalue weighted by molar-refractivity contribution is 9.10. The minimum absolute atomic E-state index is 0.355. The topological polar surface area (TPSA) is 21.3 Å². The van der Waals surface area contributed by atoms with Crippen molar-refractivity contribution in [1.82, 2.24) is 5.32 Å². The van der Waals surface area contributed by atoms with Crippen LogP contribution < -0.4 is 5.32 Å². The van der Waals surface area contributed by atoms with Gasteiger partial charge in [-0.3, -0.25) is 0 Å². The van der Waals surface area contributed by atoms with E-state index in [1.54, 1.807) is 24.3 Å². The van der Waals surface area contributed by atoms with Gasteiger partial charge in [0.25, 0.3) is 0 Å². The lowest BCUT2D eigenvalue weighted by Gasteiger charge is -2.19. The van der Waals surface area contributed by atoms with Crippen molar-refractivity contribution < 1.29 is 17.9 Å². The van der Waals surface area contributed by atoms with Gasteiger partial charge in [0, 0.05) is 11.0 Å². The van der Waals surface area contributed by atoms with Crippen LogP contribution in [0, 0.1) is 0 Å². The molecule has 0 spiro atoms. The van der Waals surface area contributed by atoms with Crippen LogP contribution in [0.15, 0.2) is 28.7 Å². The van der Waals surface area contributed by atoms with E-state index in [0.29, 0.717) is 13.1 Å². The molecule has 0 aliphatic rings. The van der Waals surface area contributed by atoms with Crippen molar-refractivity contribution in [2.24, 2.45) is 0 Å². The fourth-order valence-corrected chi connectivity index (χ4v) is 1.69. The number of hydrogen-bond donors (Lipinski definition) is 1. The summed E-state index contributed by atoms with van der Waals surface area (Å²) in [6.07, 6.45) is -4.90. The van der Waals surface area contributed by atoms with Gasteiger partial charge in [-0.15, -0.1) is 0 Å². The fraction of sp³-hybridized carbons (Fsp3) is 0.500. The van der Waals surface area contributed by atoms with Crippen molar-refractivity contribution in [2.45, 2.75) is 19.2 Å². The van der Waals surface area contributed by atoms with E-state index < -0.39 is 18.9 Å². The third-order valence-electron chi connectivity index (χ3n) is 2.27. The average Bonchev–Trinajstić information content (AvgIpc) is 2.29. The summed E-state index contributed by atoms with van der Waals surface area (Å²) >= 11 is 3.28. The minimum Gasteiger partial charge on any atom is -0.363 e. The van der Waals surface area contributed by atoms with Gasteiger partial charge in [-0.05, 0) is 24.2 Å². The van der Waals surface area contributed by atoms with E-state index >= 15 is 0 Å². The van der Waals surface area contributed by atoms with E-state index in [1.165, 1.54) is 0 Å². The van der Waals surface area contributed by atoms with Crippen molar-refractivity contribution in [2.75, 3.05) is 19.7 Å². The molecule has 6 heteroatoms. The molecule has 0 amide bonds. The largest absolute Gasteiger partial charge is 0.411 e. The van der Waals surface area contributed by atoms with Crippen LogP contribution in [0.4, 0.5) is 13.2 Å². The van der Waals surface area contributed by atoms with Crippen LogP contribution in [-0.4, -0.2) is 25.9 Å². The molecule has 2 nitrogen and oxygen atoms in total. The molecule has 0 radical (unpaired) electrons. The standard InChI is InChI=1S/C12H15BrF3NO/c1-2-17-7-11(18-8-12(14,15)16)9-3-5-10(13)6-4-9/h3-6,11,17H,2,7-8H2,1H3. The van der Waals surface area contributed by atoms with Crippen LogP contribution in [0.1, 0.15) is 18.6 Å². The van der Waals surface area contributed by atoms with Crippen molar-refractivity contribution in [3.05, 3.63) is 34.3 Å². The van der Waals surface area contributed by atoms with E-state index in [0.717, 1.165) is 10.0 Å². The predicted octanol–water partition coefficient (Wildman–Crippen LogP) is 3.68. The maximum absolute atomic E-state index is 12.2. The summed E-state index contributed by atoms with van der Waals surface area (Å²) in [5.74, 6) is 0. The average molecular weight is 326 g/mol.